The molecule has 0 radical (unpaired) electrons. The molecule has 1 aliphatic rings. The molecule has 0 atom stereocenters. The van der Waals surface area contributed by atoms with Crippen molar-refractivity contribution in [2.24, 2.45) is 0 Å². The van der Waals surface area contributed by atoms with Crippen LogP contribution in [0.4, 0.5) is 0 Å². The molecule has 20 heavy (non-hydrogen) atoms. The van der Waals surface area contributed by atoms with Gasteiger partial charge in [-0.15, -0.1) is 0 Å². The highest BCUT2D eigenvalue weighted by Gasteiger charge is 2.20. The summed E-state index contributed by atoms with van der Waals surface area (Å²) < 4.78 is 16.0. The van der Waals surface area contributed by atoms with E-state index in [1.165, 1.54) is 12.8 Å². The van der Waals surface area contributed by atoms with E-state index in [9.17, 15) is 0 Å². The molecule has 0 saturated heterocycles. The minimum absolute atomic E-state index is 0.365. The molecule has 0 unspecified atom stereocenters. The van der Waals surface area contributed by atoms with Gasteiger partial charge < -0.3 is 19.3 Å². The van der Waals surface area contributed by atoms with Crippen molar-refractivity contribution in [1.82, 2.24) is 10.5 Å². The number of methoxy groups -OCH3 is 1. The lowest BCUT2D eigenvalue weighted by molar-refractivity contribution is 0.247. The van der Waals surface area contributed by atoms with Crippen LogP contribution < -0.4 is 14.8 Å². The van der Waals surface area contributed by atoms with Crippen LogP contribution in [0.1, 0.15) is 24.3 Å². The highest BCUT2D eigenvalue weighted by molar-refractivity contribution is 5.32. The number of hydrogen-bond donors (Lipinski definition) is 1. The van der Waals surface area contributed by atoms with Gasteiger partial charge in [0.05, 0.1) is 12.8 Å². The van der Waals surface area contributed by atoms with Gasteiger partial charge in [-0.05, 0) is 25.0 Å². The molecule has 3 rings (SSSR count). The van der Waals surface area contributed by atoms with Gasteiger partial charge in [0.1, 0.15) is 18.1 Å². The Morgan fingerprint density at radius 2 is 2.15 bits per heavy atom. The zero-order chi connectivity index (χ0) is 13.8. The van der Waals surface area contributed by atoms with Crippen LogP contribution >= 0.6 is 0 Å². The van der Waals surface area contributed by atoms with Crippen molar-refractivity contribution in [2.45, 2.75) is 32.0 Å². The van der Waals surface area contributed by atoms with Crippen molar-refractivity contribution >= 4 is 0 Å². The zero-order valence-electron chi connectivity index (χ0n) is 11.5. The molecule has 1 N–H and O–H groups in total. The number of benzene rings is 1. The summed E-state index contributed by atoms with van der Waals surface area (Å²) in [6.45, 7) is 1.12. The number of ether oxygens (including phenoxy) is 2. The van der Waals surface area contributed by atoms with Gasteiger partial charge in [0.2, 0.25) is 0 Å². The SMILES string of the molecule is COc1cccc(OCc2cc(CNC3CC3)no2)c1. The minimum atomic E-state index is 0.365. The summed E-state index contributed by atoms with van der Waals surface area (Å²) in [4.78, 5) is 0. The number of nitrogens with zero attached hydrogens (tertiary/aromatic N) is 1. The van der Waals surface area contributed by atoms with Crippen LogP contribution in [0, 0.1) is 0 Å². The quantitative estimate of drug-likeness (QED) is 0.840. The fraction of sp³-hybridized carbons (Fsp3) is 0.400. The monoisotopic (exact) mass is 274 g/mol. The summed E-state index contributed by atoms with van der Waals surface area (Å²) in [5.74, 6) is 2.24. The summed E-state index contributed by atoms with van der Waals surface area (Å²) >= 11 is 0. The lowest BCUT2D eigenvalue weighted by Gasteiger charge is -2.05. The standard InChI is InChI=1S/C15H18N2O3/c1-18-13-3-2-4-14(8-13)19-10-15-7-12(17-20-15)9-16-11-5-6-11/h2-4,7-8,11,16H,5-6,9-10H2,1H3. The molecule has 106 valence electrons. The normalized spacial score (nSPS) is 14.2. The van der Waals surface area contributed by atoms with E-state index < -0.39 is 0 Å². The van der Waals surface area contributed by atoms with E-state index in [-0.39, 0.29) is 0 Å². The average molecular weight is 274 g/mol. The first kappa shape index (κ1) is 13.0. The first-order chi connectivity index (χ1) is 9.83. The van der Waals surface area contributed by atoms with Gasteiger partial charge in [0.25, 0.3) is 0 Å². The first-order valence-electron chi connectivity index (χ1n) is 6.78. The van der Waals surface area contributed by atoms with Crippen LogP contribution in [0.3, 0.4) is 0 Å². The summed E-state index contributed by atoms with van der Waals surface area (Å²) in [6, 6.07) is 10.1. The van der Waals surface area contributed by atoms with E-state index in [1.54, 1.807) is 7.11 Å². The second-order valence-corrected chi connectivity index (χ2v) is 4.91. The molecule has 0 spiro atoms. The number of rotatable bonds is 7. The Bertz CT molecular complexity index is 564. The Kier molecular flexibility index (Phi) is 3.87. The molecule has 5 nitrogen and oxygen atoms in total. The van der Waals surface area contributed by atoms with E-state index in [4.69, 9.17) is 14.0 Å². The zero-order valence-corrected chi connectivity index (χ0v) is 11.5. The molecule has 2 aromatic rings. The lowest BCUT2D eigenvalue weighted by Crippen LogP contribution is -2.15. The van der Waals surface area contributed by atoms with Gasteiger partial charge in [0.15, 0.2) is 5.76 Å². The fourth-order valence-corrected chi connectivity index (χ4v) is 1.89. The third-order valence-electron chi connectivity index (χ3n) is 3.18. The molecule has 1 saturated carbocycles. The maximum Gasteiger partial charge on any atom is 0.174 e. The summed E-state index contributed by atoms with van der Waals surface area (Å²) in [7, 11) is 1.63. The Balaban J connectivity index is 1.51. The van der Waals surface area contributed by atoms with Crippen molar-refractivity contribution < 1.29 is 14.0 Å². The third kappa shape index (κ3) is 3.51. The van der Waals surface area contributed by atoms with Gasteiger partial charge in [-0.2, -0.15) is 0 Å². The van der Waals surface area contributed by atoms with Crippen LogP contribution in [0.15, 0.2) is 34.9 Å². The average Bonchev–Trinajstić information content (AvgIpc) is 3.21. The Hall–Kier alpha value is -2.01. The van der Waals surface area contributed by atoms with E-state index in [1.807, 2.05) is 30.3 Å². The molecule has 1 fully saturated rings. The minimum Gasteiger partial charge on any atom is -0.497 e. The molecule has 5 heteroatoms. The van der Waals surface area contributed by atoms with Gasteiger partial charge in [-0.3, -0.25) is 0 Å². The molecule has 0 amide bonds. The van der Waals surface area contributed by atoms with Crippen LogP contribution in [-0.2, 0) is 13.2 Å². The number of nitrogens with one attached hydrogen (secondary N) is 1. The van der Waals surface area contributed by atoms with Crippen LogP contribution in [0.2, 0.25) is 0 Å². The number of aromatic nitrogens is 1. The van der Waals surface area contributed by atoms with E-state index in [0.29, 0.717) is 12.6 Å². The van der Waals surface area contributed by atoms with Crippen molar-refractivity contribution in [3.63, 3.8) is 0 Å². The van der Waals surface area contributed by atoms with Gasteiger partial charge in [-0.1, -0.05) is 11.2 Å². The van der Waals surface area contributed by atoms with Gasteiger partial charge in [0, 0.05) is 24.7 Å². The third-order valence-corrected chi connectivity index (χ3v) is 3.18. The molecular formula is C15H18N2O3. The van der Waals surface area contributed by atoms with E-state index >= 15 is 0 Å². The first-order valence-corrected chi connectivity index (χ1v) is 6.78. The fourth-order valence-electron chi connectivity index (χ4n) is 1.89. The van der Waals surface area contributed by atoms with E-state index in [2.05, 4.69) is 10.5 Å². The highest BCUT2D eigenvalue weighted by Crippen LogP contribution is 2.21. The van der Waals surface area contributed by atoms with Crippen molar-refractivity contribution in [3.8, 4) is 11.5 Å². The van der Waals surface area contributed by atoms with Crippen molar-refractivity contribution in [3.05, 3.63) is 41.8 Å². The van der Waals surface area contributed by atoms with E-state index in [0.717, 1.165) is 29.5 Å². The topological polar surface area (TPSA) is 56.5 Å². The molecule has 1 aliphatic carbocycles. The molecule has 1 heterocycles. The second kappa shape index (κ2) is 5.96. The van der Waals surface area contributed by atoms with Gasteiger partial charge in [-0.25, -0.2) is 0 Å². The van der Waals surface area contributed by atoms with Crippen LogP contribution in [0.25, 0.3) is 0 Å². The summed E-state index contributed by atoms with van der Waals surface area (Å²) in [5, 5.41) is 7.41. The van der Waals surface area contributed by atoms with Crippen molar-refractivity contribution in [1.29, 1.82) is 0 Å². The molecular weight excluding hydrogens is 256 g/mol. The van der Waals surface area contributed by atoms with Crippen LogP contribution in [0.5, 0.6) is 11.5 Å². The Morgan fingerprint density at radius 3 is 2.95 bits per heavy atom. The maximum atomic E-state index is 5.65. The second-order valence-electron chi connectivity index (χ2n) is 4.91. The summed E-state index contributed by atoms with van der Waals surface area (Å²) in [5.41, 5.74) is 0.918. The van der Waals surface area contributed by atoms with Gasteiger partial charge >= 0.3 is 0 Å². The summed E-state index contributed by atoms with van der Waals surface area (Å²) in [6.07, 6.45) is 2.54. The predicted octanol–water partition coefficient (Wildman–Crippen LogP) is 2.51. The maximum absolute atomic E-state index is 5.65. The van der Waals surface area contributed by atoms with Crippen molar-refractivity contribution in [2.75, 3.05) is 7.11 Å². The lowest BCUT2D eigenvalue weighted by atomic mass is 10.3. The molecule has 0 bridgehead atoms. The molecule has 0 aliphatic heterocycles. The molecule has 1 aromatic heterocycles. The predicted molar refractivity (Wildman–Crippen MR) is 73.7 cm³/mol. The highest BCUT2D eigenvalue weighted by atomic mass is 16.5. The largest absolute Gasteiger partial charge is 0.497 e. The Morgan fingerprint density at radius 1 is 1.30 bits per heavy atom. The molecule has 1 aromatic carbocycles. The van der Waals surface area contributed by atoms with Crippen LogP contribution in [-0.4, -0.2) is 18.3 Å². The Labute approximate surface area is 117 Å². The number of hydrogen-bond acceptors (Lipinski definition) is 5. The smallest absolute Gasteiger partial charge is 0.174 e.